The van der Waals surface area contributed by atoms with E-state index in [0.29, 0.717) is 18.5 Å². The third kappa shape index (κ3) is 2.60. The number of rotatable bonds is 4. The summed E-state index contributed by atoms with van der Waals surface area (Å²) in [5, 5.41) is 19.2. The number of benzene rings is 1. The van der Waals surface area contributed by atoms with Gasteiger partial charge >= 0.3 is 6.03 Å². The van der Waals surface area contributed by atoms with Crippen molar-refractivity contribution in [2.45, 2.75) is 31.7 Å². The number of nitro benzene ring substituents is 1. The molecule has 8 nitrogen and oxygen atoms in total. The van der Waals surface area contributed by atoms with Crippen molar-refractivity contribution in [3.63, 3.8) is 0 Å². The van der Waals surface area contributed by atoms with Crippen molar-refractivity contribution in [1.82, 2.24) is 10.6 Å². The van der Waals surface area contributed by atoms with Crippen molar-refractivity contribution in [2.24, 2.45) is 5.92 Å². The zero-order chi connectivity index (χ0) is 16.6. The molecule has 1 aliphatic carbocycles. The minimum absolute atomic E-state index is 0.00977. The summed E-state index contributed by atoms with van der Waals surface area (Å²) < 4.78 is 0. The van der Waals surface area contributed by atoms with Gasteiger partial charge in [0.15, 0.2) is 0 Å². The third-order valence-electron chi connectivity index (χ3n) is 4.74. The van der Waals surface area contributed by atoms with Crippen molar-refractivity contribution in [3.05, 3.63) is 33.9 Å². The third-order valence-corrected chi connectivity index (χ3v) is 4.74. The molecule has 1 saturated heterocycles. The lowest BCUT2D eigenvalue weighted by atomic mass is 9.87. The number of amides is 3. The van der Waals surface area contributed by atoms with Gasteiger partial charge in [0.05, 0.1) is 4.92 Å². The van der Waals surface area contributed by atoms with Gasteiger partial charge in [-0.25, -0.2) is 4.79 Å². The average molecular weight is 318 g/mol. The molecule has 2 aliphatic rings. The van der Waals surface area contributed by atoms with Crippen LogP contribution in [0.5, 0.6) is 0 Å². The molecule has 0 bridgehead atoms. The predicted molar refractivity (Wildman–Crippen MR) is 83.1 cm³/mol. The molecule has 2 fully saturated rings. The van der Waals surface area contributed by atoms with Gasteiger partial charge in [-0.2, -0.15) is 0 Å². The van der Waals surface area contributed by atoms with Crippen LogP contribution < -0.4 is 16.0 Å². The van der Waals surface area contributed by atoms with Gasteiger partial charge in [0, 0.05) is 29.8 Å². The highest BCUT2D eigenvalue weighted by molar-refractivity contribution is 6.07. The lowest BCUT2D eigenvalue weighted by molar-refractivity contribution is -0.385. The molecule has 2 unspecified atom stereocenters. The minimum Gasteiger partial charge on any atom is -0.385 e. The SMILES string of the molecule is Cc1cc(NCC2CCCC23NC(=O)NC3=O)ccc1[N+](=O)[O-]. The van der Waals surface area contributed by atoms with Crippen LogP contribution in [0.1, 0.15) is 24.8 Å². The fourth-order valence-electron chi connectivity index (χ4n) is 3.53. The summed E-state index contributed by atoms with van der Waals surface area (Å²) in [6.07, 6.45) is 2.35. The molecule has 3 rings (SSSR count). The van der Waals surface area contributed by atoms with E-state index in [1.807, 2.05) is 0 Å². The fraction of sp³-hybridized carbons (Fsp3) is 0.467. The number of nitro groups is 1. The van der Waals surface area contributed by atoms with E-state index in [1.165, 1.54) is 6.07 Å². The Balaban J connectivity index is 1.71. The quantitative estimate of drug-likeness (QED) is 0.444. The first kappa shape index (κ1) is 15.3. The summed E-state index contributed by atoms with van der Waals surface area (Å²) in [6.45, 7) is 2.20. The van der Waals surface area contributed by atoms with E-state index in [9.17, 15) is 19.7 Å². The summed E-state index contributed by atoms with van der Waals surface area (Å²) in [4.78, 5) is 34.0. The maximum Gasteiger partial charge on any atom is 0.322 e. The first-order valence-electron chi connectivity index (χ1n) is 7.55. The van der Waals surface area contributed by atoms with Gasteiger partial charge in [-0.3, -0.25) is 20.2 Å². The molecule has 3 N–H and O–H groups in total. The van der Waals surface area contributed by atoms with Gasteiger partial charge in [-0.1, -0.05) is 6.42 Å². The summed E-state index contributed by atoms with van der Waals surface area (Å²) in [5.74, 6) is -0.267. The predicted octanol–water partition coefficient (Wildman–Crippen LogP) is 1.69. The Kier molecular flexibility index (Phi) is 3.67. The molecule has 0 aromatic heterocycles. The Morgan fingerprint density at radius 3 is 2.83 bits per heavy atom. The summed E-state index contributed by atoms with van der Waals surface area (Å²) >= 11 is 0. The lowest BCUT2D eigenvalue weighted by Gasteiger charge is -2.28. The topological polar surface area (TPSA) is 113 Å². The summed E-state index contributed by atoms with van der Waals surface area (Å²) in [7, 11) is 0. The molecule has 1 aliphatic heterocycles. The van der Waals surface area contributed by atoms with E-state index in [2.05, 4.69) is 16.0 Å². The monoisotopic (exact) mass is 318 g/mol. The van der Waals surface area contributed by atoms with Crippen molar-refractivity contribution in [3.8, 4) is 0 Å². The van der Waals surface area contributed by atoms with Crippen molar-refractivity contribution >= 4 is 23.3 Å². The van der Waals surface area contributed by atoms with Crippen LogP contribution >= 0.6 is 0 Å². The van der Waals surface area contributed by atoms with E-state index >= 15 is 0 Å². The number of aryl methyl sites for hydroxylation is 1. The van der Waals surface area contributed by atoms with Crippen molar-refractivity contribution in [1.29, 1.82) is 0 Å². The number of imide groups is 1. The second-order valence-electron chi connectivity index (χ2n) is 6.11. The molecular weight excluding hydrogens is 300 g/mol. The van der Waals surface area contributed by atoms with Crippen LogP contribution in [0.25, 0.3) is 0 Å². The Morgan fingerprint density at radius 2 is 2.22 bits per heavy atom. The molecule has 122 valence electrons. The van der Waals surface area contributed by atoms with Crippen LogP contribution in [-0.4, -0.2) is 28.9 Å². The Labute approximate surface area is 132 Å². The molecule has 2 atom stereocenters. The van der Waals surface area contributed by atoms with Crippen LogP contribution in [0, 0.1) is 23.0 Å². The lowest BCUT2D eigenvalue weighted by Crippen LogP contribution is -2.51. The van der Waals surface area contributed by atoms with Crippen LogP contribution in [0.4, 0.5) is 16.2 Å². The average Bonchev–Trinajstić information content (AvgIpc) is 3.00. The van der Waals surface area contributed by atoms with Gasteiger partial charge < -0.3 is 10.6 Å². The normalized spacial score (nSPS) is 26.2. The fourth-order valence-corrected chi connectivity index (χ4v) is 3.53. The van der Waals surface area contributed by atoms with Crippen LogP contribution in [-0.2, 0) is 4.79 Å². The molecule has 23 heavy (non-hydrogen) atoms. The number of hydrogen-bond acceptors (Lipinski definition) is 5. The zero-order valence-corrected chi connectivity index (χ0v) is 12.7. The maximum absolute atomic E-state index is 12.1. The standard InChI is InChI=1S/C15H18N4O4/c1-9-7-11(4-5-12(9)19(22)23)16-8-10-3-2-6-15(10)13(20)17-14(21)18-15/h4-5,7,10,16H,2-3,6,8H2,1H3,(H2,17,18,20,21). The molecule has 1 heterocycles. The molecular formula is C15H18N4O4. The Bertz CT molecular complexity index is 690. The number of nitrogens with one attached hydrogen (secondary N) is 3. The first-order chi connectivity index (χ1) is 10.9. The summed E-state index contributed by atoms with van der Waals surface area (Å²) in [6, 6.07) is 4.40. The molecule has 0 radical (unpaired) electrons. The maximum atomic E-state index is 12.1. The number of carbonyl (C=O) groups excluding carboxylic acids is 2. The molecule has 8 heteroatoms. The first-order valence-corrected chi connectivity index (χ1v) is 7.55. The second kappa shape index (κ2) is 5.53. The molecule has 1 saturated carbocycles. The zero-order valence-electron chi connectivity index (χ0n) is 12.7. The van der Waals surface area contributed by atoms with Crippen molar-refractivity contribution < 1.29 is 14.5 Å². The largest absolute Gasteiger partial charge is 0.385 e. The van der Waals surface area contributed by atoms with Crippen molar-refractivity contribution in [2.75, 3.05) is 11.9 Å². The molecule has 1 aromatic rings. The summed E-state index contributed by atoms with van der Waals surface area (Å²) in [5.41, 5.74) is 0.600. The molecule has 1 spiro atoms. The highest BCUT2D eigenvalue weighted by Gasteiger charge is 2.54. The minimum atomic E-state index is -0.820. The van der Waals surface area contributed by atoms with Gasteiger partial charge in [0.25, 0.3) is 11.6 Å². The van der Waals surface area contributed by atoms with Gasteiger partial charge in [-0.05, 0) is 31.9 Å². The van der Waals surface area contributed by atoms with Crippen LogP contribution in [0.2, 0.25) is 0 Å². The van der Waals surface area contributed by atoms with Gasteiger partial charge in [0.1, 0.15) is 5.54 Å². The second-order valence-corrected chi connectivity index (χ2v) is 6.11. The molecule has 1 aromatic carbocycles. The highest BCUT2D eigenvalue weighted by Crippen LogP contribution is 2.38. The Morgan fingerprint density at radius 1 is 1.43 bits per heavy atom. The van der Waals surface area contributed by atoms with E-state index in [4.69, 9.17) is 0 Å². The van der Waals surface area contributed by atoms with E-state index in [-0.39, 0.29) is 17.5 Å². The van der Waals surface area contributed by atoms with Gasteiger partial charge in [0.2, 0.25) is 0 Å². The molecule has 3 amide bonds. The van der Waals surface area contributed by atoms with E-state index < -0.39 is 16.5 Å². The number of anilines is 1. The van der Waals surface area contributed by atoms with Crippen LogP contribution in [0.15, 0.2) is 18.2 Å². The number of nitrogens with zero attached hydrogens (tertiary/aromatic N) is 1. The van der Waals surface area contributed by atoms with Crippen LogP contribution in [0.3, 0.4) is 0 Å². The smallest absolute Gasteiger partial charge is 0.322 e. The number of urea groups is 1. The highest BCUT2D eigenvalue weighted by atomic mass is 16.6. The van der Waals surface area contributed by atoms with E-state index in [1.54, 1.807) is 19.1 Å². The number of hydrogen-bond donors (Lipinski definition) is 3. The van der Waals surface area contributed by atoms with Gasteiger partial charge in [-0.15, -0.1) is 0 Å². The number of carbonyl (C=O) groups is 2. The Hall–Kier alpha value is -2.64. The van der Waals surface area contributed by atoms with E-state index in [0.717, 1.165) is 18.5 Å².